The second kappa shape index (κ2) is 7.10. The van der Waals surface area contributed by atoms with E-state index in [-0.39, 0.29) is 6.04 Å². The SMILES string of the molecule is CCn1nccc1CNC(C)COc1ccc(C)cc1. The highest BCUT2D eigenvalue weighted by molar-refractivity contribution is 5.26. The molecule has 4 nitrogen and oxygen atoms in total. The summed E-state index contributed by atoms with van der Waals surface area (Å²) in [6.45, 7) is 8.67. The van der Waals surface area contributed by atoms with E-state index in [1.807, 2.05) is 29.1 Å². The van der Waals surface area contributed by atoms with Crippen LogP contribution in [-0.2, 0) is 13.1 Å². The van der Waals surface area contributed by atoms with Gasteiger partial charge in [-0.05, 0) is 39.0 Å². The highest BCUT2D eigenvalue weighted by atomic mass is 16.5. The zero-order chi connectivity index (χ0) is 14.4. The van der Waals surface area contributed by atoms with Crippen LogP contribution in [0.15, 0.2) is 36.5 Å². The molecule has 1 atom stereocenters. The van der Waals surface area contributed by atoms with E-state index in [0.717, 1.165) is 18.8 Å². The number of hydrogen-bond acceptors (Lipinski definition) is 3. The van der Waals surface area contributed by atoms with E-state index in [2.05, 4.69) is 43.3 Å². The molecule has 1 aromatic heterocycles. The molecule has 1 N–H and O–H groups in total. The van der Waals surface area contributed by atoms with Crippen molar-refractivity contribution in [1.29, 1.82) is 0 Å². The van der Waals surface area contributed by atoms with Gasteiger partial charge in [0.2, 0.25) is 0 Å². The molecule has 0 radical (unpaired) electrons. The van der Waals surface area contributed by atoms with Crippen molar-refractivity contribution in [3.63, 3.8) is 0 Å². The van der Waals surface area contributed by atoms with Crippen LogP contribution in [0.3, 0.4) is 0 Å². The van der Waals surface area contributed by atoms with Crippen molar-refractivity contribution in [3.8, 4) is 5.75 Å². The molecular weight excluding hydrogens is 250 g/mol. The van der Waals surface area contributed by atoms with Gasteiger partial charge in [0.05, 0.1) is 5.69 Å². The Morgan fingerprint density at radius 1 is 1.25 bits per heavy atom. The van der Waals surface area contributed by atoms with Gasteiger partial charge >= 0.3 is 0 Å². The maximum Gasteiger partial charge on any atom is 0.119 e. The third-order valence-electron chi connectivity index (χ3n) is 3.26. The lowest BCUT2D eigenvalue weighted by molar-refractivity contribution is 0.271. The van der Waals surface area contributed by atoms with Crippen LogP contribution in [0.1, 0.15) is 25.1 Å². The van der Waals surface area contributed by atoms with Crippen LogP contribution in [0.25, 0.3) is 0 Å². The van der Waals surface area contributed by atoms with Crippen LogP contribution in [0.4, 0.5) is 0 Å². The molecule has 0 aliphatic carbocycles. The van der Waals surface area contributed by atoms with Gasteiger partial charge in [0.15, 0.2) is 0 Å². The van der Waals surface area contributed by atoms with E-state index < -0.39 is 0 Å². The van der Waals surface area contributed by atoms with Crippen LogP contribution < -0.4 is 10.1 Å². The minimum absolute atomic E-state index is 0.288. The Morgan fingerprint density at radius 2 is 2.00 bits per heavy atom. The Hall–Kier alpha value is -1.81. The zero-order valence-electron chi connectivity index (χ0n) is 12.5. The highest BCUT2D eigenvalue weighted by Crippen LogP contribution is 2.11. The summed E-state index contributed by atoms with van der Waals surface area (Å²) in [6.07, 6.45) is 1.84. The van der Waals surface area contributed by atoms with Crippen molar-refractivity contribution in [2.24, 2.45) is 0 Å². The average Bonchev–Trinajstić information content (AvgIpc) is 2.92. The molecule has 0 fully saturated rings. The van der Waals surface area contributed by atoms with E-state index in [9.17, 15) is 0 Å². The number of nitrogens with zero attached hydrogens (tertiary/aromatic N) is 2. The lowest BCUT2D eigenvalue weighted by atomic mass is 10.2. The standard InChI is InChI=1S/C16H23N3O/c1-4-19-15(9-10-18-19)11-17-14(3)12-20-16-7-5-13(2)6-8-16/h5-10,14,17H,4,11-12H2,1-3H3. The first-order chi connectivity index (χ1) is 9.69. The third kappa shape index (κ3) is 4.10. The van der Waals surface area contributed by atoms with Crippen LogP contribution in [0.2, 0.25) is 0 Å². The van der Waals surface area contributed by atoms with Crippen molar-refractivity contribution in [2.45, 2.75) is 39.9 Å². The lowest BCUT2D eigenvalue weighted by Gasteiger charge is -2.15. The third-order valence-corrected chi connectivity index (χ3v) is 3.26. The number of aryl methyl sites for hydroxylation is 2. The predicted molar refractivity (Wildman–Crippen MR) is 80.9 cm³/mol. The summed E-state index contributed by atoms with van der Waals surface area (Å²) < 4.78 is 7.76. The van der Waals surface area contributed by atoms with E-state index in [1.54, 1.807) is 0 Å². The Labute approximate surface area is 120 Å². The Bertz CT molecular complexity index is 519. The van der Waals surface area contributed by atoms with Gasteiger partial charge in [-0.25, -0.2) is 0 Å². The summed E-state index contributed by atoms with van der Waals surface area (Å²) in [6, 6.07) is 10.5. The van der Waals surface area contributed by atoms with Gasteiger partial charge in [0.25, 0.3) is 0 Å². The largest absolute Gasteiger partial charge is 0.492 e. The van der Waals surface area contributed by atoms with Gasteiger partial charge in [0, 0.05) is 25.3 Å². The summed E-state index contributed by atoms with van der Waals surface area (Å²) in [7, 11) is 0. The van der Waals surface area contributed by atoms with Crippen molar-refractivity contribution in [2.75, 3.05) is 6.61 Å². The molecule has 0 spiro atoms. The Kier molecular flexibility index (Phi) is 5.18. The normalized spacial score (nSPS) is 12.3. The molecule has 2 aromatic rings. The second-order valence-electron chi connectivity index (χ2n) is 5.04. The maximum atomic E-state index is 5.76. The number of nitrogens with one attached hydrogen (secondary N) is 1. The van der Waals surface area contributed by atoms with Gasteiger partial charge in [-0.15, -0.1) is 0 Å². The fourth-order valence-corrected chi connectivity index (χ4v) is 1.99. The van der Waals surface area contributed by atoms with Gasteiger partial charge in [-0.1, -0.05) is 17.7 Å². The number of rotatable bonds is 7. The lowest BCUT2D eigenvalue weighted by Crippen LogP contribution is -2.32. The summed E-state index contributed by atoms with van der Waals surface area (Å²) in [4.78, 5) is 0. The summed E-state index contributed by atoms with van der Waals surface area (Å²) >= 11 is 0. The number of aromatic nitrogens is 2. The average molecular weight is 273 g/mol. The van der Waals surface area contributed by atoms with E-state index >= 15 is 0 Å². The van der Waals surface area contributed by atoms with Crippen molar-refractivity contribution in [3.05, 3.63) is 47.8 Å². The first kappa shape index (κ1) is 14.6. The molecule has 0 aliphatic heterocycles. The topological polar surface area (TPSA) is 39.1 Å². The zero-order valence-corrected chi connectivity index (χ0v) is 12.5. The molecule has 0 saturated heterocycles. The molecular formula is C16H23N3O. The summed E-state index contributed by atoms with van der Waals surface area (Å²) in [5.74, 6) is 0.919. The quantitative estimate of drug-likeness (QED) is 0.843. The van der Waals surface area contributed by atoms with Crippen LogP contribution >= 0.6 is 0 Å². The van der Waals surface area contributed by atoms with Crippen molar-refractivity contribution < 1.29 is 4.74 Å². The number of ether oxygens (including phenoxy) is 1. The highest BCUT2D eigenvalue weighted by Gasteiger charge is 2.05. The molecule has 0 bridgehead atoms. The number of benzene rings is 1. The molecule has 4 heteroatoms. The van der Waals surface area contributed by atoms with Gasteiger partial charge < -0.3 is 10.1 Å². The summed E-state index contributed by atoms with van der Waals surface area (Å²) in [5.41, 5.74) is 2.45. The first-order valence-electron chi connectivity index (χ1n) is 7.12. The monoisotopic (exact) mass is 273 g/mol. The van der Waals surface area contributed by atoms with E-state index in [1.165, 1.54) is 11.3 Å². The Morgan fingerprint density at radius 3 is 2.70 bits per heavy atom. The molecule has 0 aliphatic rings. The molecule has 1 unspecified atom stereocenters. The fraction of sp³-hybridized carbons (Fsp3) is 0.438. The van der Waals surface area contributed by atoms with Gasteiger partial charge in [-0.2, -0.15) is 5.10 Å². The van der Waals surface area contributed by atoms with Crippen LogP contribution in [-0.4, -0.2) is 22.4 Å². The second-order valence-corrected chi connectivity index (χ2v) is 5.04. The van der Waals surface area contributed by atoms with E-state index in [0.29, 0.717) is 6.61 Å². The van der Waals surface area contributed by atoms with Gasteiger partial charge in [0.1, 0.15) is 12.4 Å². The minimum Gasteiger partial charge on any atom is -0.492 e. The maximum absolute atomic E-state index is 5.76. The van der Waals surface area contributed by atoms with E-state index in [4.69, 9.17) is 4.74 Å². The fourth-order valence-electron chi connectivity index (χ4n) is 1.99. The van der Waals surface area contributed by atoms with Crippen LogP contribution in [0, 0.1) is 6.92 Å². The molecule has 0 saturated carbocycles. The molecule has 0 amide bonds. The first-order valence-corrected chi connectivity index (χ1v) is 7.12. The predicted octanol–water partition coefficient (Wildman–Crippen LogP) is 2.77. The molecule has 108 valence electrons. The summed E-state index contributed by atoms with van der Waals surface area (Å²) in [5, 5.41) is 7.72. The van der Waals surface area contributed by atoms with Crippen LogP contribution in [0.5, 0.6) is 5.75 Å². The molecule has 2 rings (SSSR count). The Balaban J connectivity index is 1.75. The smallest absolute Gasteiger partial charge is 0.119 e. The molecule has 1 aromatic carbocycles. The van der Waals surface area contributed by atoms with Crippen molar-refractivity contribution in [1.82, 2.24) is 15.1 Å². The van der Waals surface area contributed by atoms with Crippen molar-refractivity contribution >= 4 is 0 Å². The molecule has 20 heavy (non-hydrogen) atoms. The van der Waals surface area contributed by atoms with Gasteiger partial charge in [-0.3, -0.25) is 4.68 Å². The molecule has 1 heterocycles. The minimum atomic E-state index is 0.288. The number of hydrogen-bond donors (Lipinski definition) is 1.